The number of benzene rings is 1. The van der Waals surface area contributed by atoms with Crippen molar-refractivity contribution in [3.63, 3.8) is 0 Å². The summed E-state index contributed by atoms with van der Waals surface area (Å²) < 4.78 is 2.28. The molecule has 0 fully saturated rings. The van der Waals surface area contributed by atoms with Gasteiger partial charge in [-0.05, 0) is 44.1 Å². The molecule has 0 saturated carbocycles. The minimum atomic E-state index is 0. The molecule has 0 aliphatic rings. The van der Waals surface area contributed by atoms with Crippen LogP contribution in [-0.2, 0) is 6.54 Å². The molecule has 206 valence electrons. The lowest BCUT2D eigenvalue weighted by Gasteiger charge is -2.31. The molecule has 35 heavy (non-hydrogen) atoms. The fraction of sp³-hybridized carbons (Fsp3) is 0.742. The molecule has 0 aliphatic carbocycles. The minimum Gasteiger partial charge on any atom is -1.00 e. The number of quaternary nitrogens is 2. The molecule has 1 aromatic carbocycles. The summed E-state index contributed by atoms with van der Waals surface area (Å²) in [6.07, 6.45) is 21.7. The number of unbranched alkanes of at least 4 members (excludes halogenated alkanes) is 12. The van der Waals surface area contributed by atoms with Crippen molar-refractivity contribution in [2.24, 2.45) is 0 Å². The van der Waals surface area contributed by atoms with Crippen LogP contribution in [0.4, 0.5) is 0 Å². The van der Waals surface area contributed by atoms with Gasteiger partial charge in [0.05, 0.1) is 47.8 Å². The van der Waals surface area contributed by atoms with Crippen LogP contribution in [0.2, 0.25) is 0 Å². The molecule has 0 heterocycles. The zero-order valence-corrected chi connectivity index (χ0v) is 26.3. The first-order chi connectivity index (χ1) is 15.8. The van der Waals surface area contributed by atoms with E-state index in [1.807, 2.05) is 6.08 Å². The zero-order chi connectivity index (χ0) is 24.4. The third-order valence-electron chi connectivity index (χ3n) is 7.22. The highest BCUT2D eigenvalue weighted by Gasteiger charge is 2.16. The Hall–Kier alpha value is -0.350. The average molecular weight is 574 g/mol. The molecule has 4 heteroatoms. The first-order valence-corrected chi connectivity index (χ1v) is 14.1. The summed E-state index contributed by atoms with van der Waals surface area (Å²) in [7, 11) is 9.61. The van der Waals surface area contributed by atoms with E-state index in [-0.39, 0.29) is 29.4 Å². The van der Waals surface area contributed by atoms with Gasteiger partial charge >= 0.3 is 0 Å². The largest absolute Gasteiger partial charge is 1.00 e. The highest BCUT2D eigenvalue weighted by molar-refractivity contribution is 5.47. The second-order valence-corrected chi connectivity index (χ2v) is 11.7. The van der Waals surface area contributed by atoms with E-state index in [9.17, 15) is 0 Å². The monoisotopic (exact) mass is 572 g/mol. The van der Waals surface area contributed by atoms with E-state index in [0.717, 1.165) is 11.0 Å². The van der Waals surface area contributed by atoms with Gasteiger partial charge in [-0.2, -0.15) is 0 Å². The molecule has 1 aromatic rings. The van der Waals surface area contributed by atoms with Crippen LogP contribution in [0.3, 0.4) is 0 Å². The quantitative estimate of drug-likeness (QED) is 0.157. The van der Waals surface area contributed by atoms with Crippen LogP contribution in [0, 0.1) is 0 Å². The van der Waals surface area contributed by atoms with Gasteiger partial charge in [0.25, 0.3) is 0 Å². The molecule has 0 radical (unpaired) electrons. The number of halogens is 2. The minimum absolute atomic E-state index is 0. The molecular formula is C31H58BrClN2. The normalized spacial score (nSPS) is 11.6. The Labute approximate surface area is 236 Å². The fourth-order valence-corrected chi connectivity index (χ4v) is 4.90. The van der Waals surface area contributed by atoms with E-state index < -0.39 is 0 Å². The molecule has 0 aromatic heterocycles. The topological polar surface area (TPSA) is 0 Å². The van der Waals surface area contributed by atoms with Gasteiger partial charge in [0.2, 0.25) is 0 Å². The summed E-state index contributed by atoms with van der Waals surface area (Å²) in [4.78, 5) is 0. The maximum atomic E-state index is 3.85. The van der Waals surface area contributed by atoms with Gasteiger partial charge in [-0.25, -0.2) is 0 Å². The third kappa shape index (κ3) is 20.4. The summed E-state index contributed by atoms with van der Waals surface area (Å²) in [5.74, 6) is 0. The van der Waals surface area contributed by atoms with Gasteiger partial charge < -0.3 is 38.4 Å². The van der Waals surface area contributed by atoms with Gasteiger partial charge in [0.15, 0.2) is 0 Å². The van der Waals surface area contributed by atoms with Crippen molar-refractivity contribution in [3.8, 4) is 0 Å². The number of rotatable bonds is 21. The highest BCUT2D eigenvalue weighted by atomic mass is 79.9. The molecule has 0 bridgehead atoms. The molecule has 1 rings (SSSR count). The predicted molar refractivity (Wildman–Crippen MR) is 149 cm³/mol. The molecule has 0 N–H and O–H groups in total. The Kier molecular flexibility index (Phi) is 22.8. The van der Waals surface area contributed by atoms with Crippen molar-refractivity contribution in [1.29, 1.82) is 0 Å². The molecule has 0 spiro atoms. The lowest BCUT2D eigenvalue weighted by molar-refractivity contribution is -0.903. The number of hydrogen-bond acceptors (Lipinski definition) is 0. The van der Waals surface area contributed by atoms with Crippen molar-refractivity contribution in [1.82, 2.24) is 0 Å². The van der Waals surface area contributed by atoms with Crippen LogP contribution < -0.4 is 29.4 Å². The van der Waals surface area contributed by atoms with Crippen molar-refractivity contribution in [2.75, 3.05) is 47.8 Å². The van der Waals surface area contributed by atoms with Crippen molar-refractivity contribution < 1.29 is 38.4 Å². The molecular weight excluding hydrogens is 516 g/mol. The van der Waals surface area contributed by atoms with Crippen molar-refractivity contribution in [2.45, 2.75) is 103 Å². The Morgan fingerprint density at radius 3 is 1.37 bits per heavy atom. The van der Waals surface area contributed by atoms with Crippen LogP contribution >= 0.6 is 0 Å². The van der Waals surface area contributed by atoms with E-state index in [0.29, 0.717) is 0 Å². The van der Waals surface area contributed by atoms with Crippen LogP contribution in [0.15, 0.2) is 30.8 Å². The van der Waals surface area contributed by atoms with E-state index in [1.54, 1.807) is 0 Å². The standard InChI is InChI=1S/C31H58N2.BrH.ClH/c1-7-9-10-11-12-13-14-15-16-19-26-32(3,4)27-20-17-18-21-28-33(5,6)29-31-24-22-30(8-2)23-25-31;;/h8,22-25H,2,7,9-21,26-29H2,1,3-6H3;2*1H/q+2;;/p-2. The average Bonchev–Trinajstić information content (AvgIpc) is 2.77. The van der Waals surface area contributed by atoms with Crippen LogP contribution in [0.5, 0.6) is 0 Å². The molecule has 0 aliphatic heterocycles. The predicted octanol–water partition coefficient (Wildman–Crippen LogP) is 2.47. The van der Waals surface area contributed by atoms with Gasteiger partial charge in [0.1, 0.15) is 6.54 Å². The van der Waals surface area contributed by atoms with Crippen LogP contribution in [0.1, 0.15) is 108 Å². The summed E-state index contributed by atoms with van der Waals surface area (Å²) in [6.45, 7) is 11.2. The Morgan fingerprint density at radius 1 is 0.600 bits per heavy atom. The highest BCUT2D eigenvalue weighted by Crippen LogP contribution is 2.15. The maximum Gasteiger partial charge on any atom is 0.104 e. The van der Waals surface area contributed by atoms with E-state index in [1.165, 1.54) is 125 Å². The fourth-order valence-electron chi connectivity index (χ4n) is 4.90. The summed E-state index contributed by atoms with van der Waals surface area (Å²) in [6, 6.07) is 8.87. The van der Waals surface area contributed by atoms with Gasteiger partial charge in [-0.1, -0.05) is 95.2 Å². The molecule has 0 unspecified atom stereocenters. The third-order valence-corrected chi connectivity index (χ3v) is 7.22. The lowest BCUT2D eigenvalue weighted by Crippen LogP contribution is -3.00. The molecule has 0 saturated heterocycles. The second-order valence-electron chi connectivity index (χ2n) is 11.7. The maximum absolute atomic E-state index is 3.85. The van der Waals surface area contributed by atoms with Gasteiger partial charge in [-0.3, -0.25) is 0 Å². The molecule has 0 amide bonds. The van der Waals surface area contributed by atoms with E-state index in [2.05, 4.69) is 66.0 Å². The van der Waals surface area contributed by atoms with Crippen molar-refractivity contribution >= 4 is 6.08 Å². The Balaban J connectivity index is 0. The Bertz CT molecular complexity index is 613. The van der Waals surface area contributed by atoms with Crippen molar-refractivity contribution in [3.05, 3.63) is 42.0 Å². The summed E-state index contributed by atoms with van der Waals surface area (Å²) >= 11 is 0. The SMILES string of the molecule is C=Cc1ccc(C[N+](C)(C)CCCCCC[N+](C)(C)CCCCCCCCCCCC)cc1.[Br-].[Cl-]. The molecule has 0 atom stereocenters. The first-order valence-electron chi connectivity index (χ1n) is 14.1. The second kappa shape index (κ2) is 21.7. The van der Waals surface area contributed by atoms with Crippen LogP contribution in [-0.4, -0.2) is 56.8 Å². The zero-order valence-electron chi connectivity index (χ0n) is 24.0. The number of hydrogen-bond donors (Lipinski definition) is 0. The van der Waals surface area contributed by atoms with Gasteiger partial charge in [0, 0.05) is 5.56 Å². The van der Waals surface area contributed by atoms with E-state index >= 15 is 0 Å². The molecule has 2 nitrogen and oxygen atoms in total. The van der Waals surface area contributed by atoms with Crippen LogP contribution in [0.25, 0.3) is 6.08 Å². The lowest BCUT2D eigenvalue weighted by atomic mass is 10.1. The van der Waals surface area contributed by atoms with E-state index in [4.69, 9.17) is 0 Å². The summed E-state index contributed by atoms with van der Waals surface area (Å²) in [5, 5.41) is 0. The first kappa shape index (κ1) is 36.8. The smallest absolute Gasteiger partial charge is 0.104 e. The summed E-state index contributed by atoms with van der Waals surface area (Å²) in [5.41, 5.74) is 2.63. The Morgan fingerprint density at radius 2 is 0.971 bits per heavy atom. The van der Waals surface area contributed by atoms with Gasteiger partial charge in [-0.15, -0.1) is 0 Å². The number of nitrogens with zero attached hydrogens (tertiary/aromatic N) is 2.